The van der Waals surface area contributed by atoms with Gasteiger partial charge in [-0.2, -0.15) is 13.2 Å². The summed E-state index contributed by atoms with van der Waals surface area (Å²) in [6, 6.07) is 2.39. The van der Waals surface area contributed by atoms with Gasteiger partial charge in [-0.15, -0.1) is 0 Å². The molecule has 1 aromatic carbocycles. The van der Waals surface area contributed by atoms with Crippen LogP contribution in [0, 0.1) is 0 Å². The summed E-state index contributed by atoms with van der Waals surface area (Å²) in [6.07, 6.45) is -0.432. The molecule has 0 saturated heterocycles. The molecule has 1 fully saturated rings. The van der Waals surface area contributed by atoms with Crippen LogP contribution in [0.4, 0.5) is 23.7 Å². The first-order chi connectivity index (χ1) is 13.6. The van der Waals surface area contributed by atoms with Gasteiger partial charge >= 0.3 is 18.2 Å². The highest BCUT2D eigenvalue weighted by Gasteiger charge is 2.62. The fourth-order valence-electron chi connectivity index (χ4n) is 3.24. The van der Waals surface area contributed by atoms with E-state index in [1.165, 1.54) is 14.0 Å². The average molecular weight is 418 g/mol. The topological polar surface area (TPSA) is 96.9 Å². The van der Waals surface area contributed by atoms with Gasteiger partial charge in [0.15, 0.2) is 0 Å². The van der Waals surface area contributed by atoms with Gasteiger partial charge in [-0.3, -0.25) is 0 Å². The number of carbonyl (C=O) groups excluding carboxylic acids is 2. The predicted octanol–water partition coefficient (Wildman–Crippen LogP) is 3.46. The zero-order chi connectivity index (χ0) is 21.7. The van der Waals surface area contributed by atoms with Crippen LogP contribution >= 0.6 is 0 Å². The molecule has 0 spiro atoms. The van der Waals surface area contributed by atoms with E-state index in [9.17, 15) is 27.9 Å². The Hall–Kier alpha value is -2.49. The third-order valence-electron chi connectivity index (χ3n) is 4.79. The number of alkyl halides is 3. The Balaban J connectivity index is 2.26. The smallest absolute Gasteiger partial charge is 0.432 e. The summed E-state index contributed by atoms with van der Waals surface area (Å²) in [6.45, 7) is 0.989. The van der Waals surface area contributed by atoms with Gasteiger partial charge < -0.3 is 25.2 Å². The second-order valence-electron chi connectivity index (χ2n) is 6.78. The molecular weight excluding hydrogens is 393 g/mol. The van der Waals surface area contributed by atoms with Crippen molar-refractivity contribution in [2.75, 3.05) is 19.0 Å². The Morgan fingerprint density at radius 1 is 1.21 bits per heavy atom. The Morgan fingerprint density at radius 2 is 1.86 bits per heavy atom. The van der Waals surface area contributed by atoms with Gasteiger partial charge in [0.05, 0.1) is 19.4 Å². The van der Waals surface area contributed by atoms with E-state index in [0.29, 0.717) is 0 Å². The zero-order valence-corrected chi connectivity index (χ0v) is 16.3. The lowest BCUT2D eigenvalue weighted by molar-refractivity contribution is -0.267. The van der Waals surface area contributed by atoms with Crippen LogP contribution in [0.3, 0.4) is 0 Å². The van der Waals surface area contributed by atoms with Crippen molar-refractivity contribution in [2.24, 2.45) is 0 Å². The Morgan fingerprint density at radius 3 is 2.41 bits per heavy atom. The van der Waals surface area contributed by atoms with Crippen molar-refractivity contribution in [3.8, 4) is 5.75 Å². The van der Waals surface area contributed by atoms with E-state index in [4.69, 9.17) is 4.74 Å². The molecule has 1 saturated carbocycles. The molecule has 1 aliphatic carbocycles. The molecule has 1 atom stereocenters. The predicted molar refractivity (Wildman–Crippen MR) is 98.6 cm³/mol. The van der Waals surface area contributed by atoms with Crippen LogP contribution in [0.1, 0.15) is 44.6 Å². The number of rotatable bonds is 6. The third kappa shape index (κ3) is 5.11. The van der Waals surface area contributed by atoms with Gasteiger partial charge in [0.2, 0.25) is 0 Å². The molecule has 1 aromatic rings. The number of ether oxygens (including phenoxy) is 2. The number of nitrogens with one attached hydrogen (secondary N) is 2. The van der Waals surface area contributed by atoms with Gasteiger partial charge in [-0.1, -0.05) is 25.3 Å². The molecule has 10 heteroatoms. The molecule has 3 N–H and O–H groups in total. The van der Waals surface area contributed by atoms with Crippen molar-refractivity contribution >= 4 is 17.7 Å². The van der Waals surface area contributed by atoms with Crippen molar-refractivity contribution in [3.63, 3.8) is 0 Å². The van der Waals surface area contributed by atoms with Crippen LogP contribution in [0.5, 0.6) is 5.75 Å². The highest BCUT2D eigenvalue weighted by molar-refractivity contribution is 5.91. The number of benzene rings is 1. The summed E-state index contributed by atoms with van der Waals surface area (Å²) < 4.78 is 50.0. The number of carbonyl (C=O) groups is 2. The van der Waals surface area contributed by atoms with E-state index in [2.05, 4.69) is 15.4 Å². The lowest BCUT2D eigenvalue weighted by Crippen LogP contribution is -2.50. The summed E-state index contributed by atoms with van der Waals surface area (Å²) in [5.74, 6) is -1.99. The summed E-state index contributed by atoms with van der Waals surface area (Å²) in [4.78, 5) is 24.1. The van der Waals surface area contributed by atoms with Crippen molar-refractivity contribution in [1.82, 2.24) is 5.32 Å². The molecule has 0 aliphatic heterocycles. The molecule has 29 heavy (non-hydrogen) atoms. The first-order valence-corrected chi connectivity index (χ1v) is 9.35. The lowest BCUT2D eigenvalue weighted by atomic mass is 9.92. The highest BCUT2D eigenvalue weighted by Crippen LogP contribution is 2.42. The normalized spacial score (nSPS) is 17.2. The van der Waals surface area contributed by atoms with E-state index < -0.39 is 29.3 Å². The van der Waals surface area contributed by atoms with Crippen molar-refractivity contribution in [3.05, 3.63) is 23.8 Å². The van der Waals surface area contributed by atoms with Crippen molar-refractivity contribution in [1.29, 1.82) is 0 Å². The van der Waals surface area contributed by atoms with Crippen LogP contribution in [0.15, 0.2) is 18.2 Å². The molecule has 0 unspecified atom stereocenters. The van der Waals surface area contributed by atoms with Gasteiger partial charge in [0.25, 0.3) is 5.60 Å². The number of halogens is 3. The molecular formula is C19H25F3N2O5. The van der Waals surface area contributed by atoms with Gasteiger partial charge in [0, 0.05) is 11.6 Å². The van der Waals surface area contributed by atoms with Crippen LogP contribution < -0.4 is 15.4 Å². The van der Waals surface area contributed by atoms with Gasteiger partial charge in [-0.05, 0) is 31.9 Å². The van der Waals surface area contributed by atoms with E-state index in [-0.39, 0.29) is 24.1 Å². The summed E-state index contributed by atoms with van der Waals surface area (Å²) in [7, 11) is 1.19. The standard InChI is InChI=1S/C19H25F3N2O5/c1-3-29-16(25)18(27,19(20,21)22)12-9-10-14(15(11-12)28-2)24-17(26)23-13-7-5-4-6-8-13/h9-11,13,27H,3-8H2,1-2H3,(H2,23,24,26)/t18-/m0/s1. The fourth-order valence-corrected chi connectivity index (χ4v) is 3.24. The minimum Gasteiger partial charge on any atom is -0.495 e. The maximum atomic E-state index is 13.5. The number of methoxy groups -OCH3 is 1. The number of urea groups is 1. The Bertz CT molecular complexity index is 735. The average Bonchev–Trinajstić information content (AvgIpc) is 2.67. The van der Waals surface area contributed by atoms with E-state index in [1.54, 1.807) is 0 Å². The van der Waals surface area contributed by atoms with Crippen LogP contribution in [0.25, 0.3) is 0 Å². The molecule has 7 nitrogen and oxygen atoms in total. The zero-order valence-electron chi connectivity index (χ0n) is 16.3. The Kier molecular flexibility index (Phi) is 7.34. The van der Waals surface area contributed by atoms with Crippen molar-refractivity contribution in [2.45, 2.75) is 56.8 Å². The monoisotopic (exact) mass is 418 g/mol. The minimum atomic E-state index is -5.32. The maximum Gasteiger partial charge on any atom is 0.432 e. The second-order valence-corrected chi connectivity index (χ2v) is 6.78. The van der Waals surface area contributed by atoms with Crippen molar-refractivity contribution < 1.29 is 37.3 Å². The largest absolute Gasteiger partial charge is 0.495 e. The number of hydrogen-bond donors (Lipinski definition) is 3. The fraction of sp³-hybridized carbons (Fsp3) is 0.579. The molecule has 0 aromatic heterocycles. The molecule has 0 bridgehead atoms. The molecule has 162 valence electrons. The first kappa shape index (κ1) is 22.8. The van der Waals surface area contributed by atoms with Crippen LogP contribution in [-0.2, 0) is 15.1 Å². The summed E-state index contributed by atoms with van der Waals surface area (Å²) in [5, 5.41) is 15.5. The summed E-state index contributed by atoms with van der Waals surface area (Å²) in [5.41, 5.74) is -4.55. The first-order valence-electron chi connectivity index (χ1n) is 9.35. The molecule has 0 radical (unpaired) electrons. The SMILES string of the molecule is CCOC(=O)[C@@](O)(c1ccc(NC(=O)NC2CCCCC2)c(OC)c1)C(F)(F)F. The number of esters is 1. The molecule has 1 aliphatic rings. The lowest BCUT2D eigenvalue weighted by Gasteiger charge is -2.29. The van der Waals surface area contributed by atoms with E-state index in [0.717, 1.165) is 50.3 Å². The molecule has 2 amide bonds. The molecule has 0 heterocycles. The van der Waals surface area contributed by atoms with Gasteiger partial charge in [0.1, 0.15) is 5.75 Å². The van der Waals surface area contributed by atoms with E-state index in [1.807, 2.05) is 0 Å². The number of amides is 2. The number of hydrogen-bond acceptors (Lipinski definition) is 5. The maximum absolute atomic E-state index is 13.5. The second kappa shape index (κ2) is 9.34. The molecule has 2 rings (SSSR count). The number of anilines is 1. The summed E-state index contributed by atoms with van der Waals surface area (Å²) >= 11 is 0. The van der Waals surface area contributed by atoms with E-state index >= 15 is 0 Å². The minimum absolute atomic E-state index is 0.0353. The highest BCUT2D eigenvalue weighted by atomic mass is 19.4. The Labute approximate surface area is 166 Å². The van der Waals surface area contributed by atoms with Crippen LogP contribution in [-0.4, -0.2) is 43.0 Å². The third-order valence-corrected chi connectivity index (χ3v) is 4.79. The quantitative estimate of drug-likeness (QED) is 0.615. The van der Waals surface area contributed by atoms with Crippen LogP contribution in [0.2, 0.25) is 0 Å². The van der Waals surface area contributed by atoms with Gasteiger partial charge in [-0.25, -0.2) is 9.59 Å². The number of aliphatic hydroxyl groups is 1.